The second-order valence-electron chi connectivity index (χ2n) is 8.77. The normalized spacial score (nSPS) is 22.5. The van der Waals surface area contributed by atoms with Gasteiger partial charge in [0.1, 0.15) is 6.10 Å². The molecule has 3 atom stereocenters. The summed E-state index contributed by atoms with van der Waals surface area (Å²) >= 11 is 0. The molecule has 0 saturated carbocycles. The summed E-state index contributed by atoms with van der Waals surface area (Å²) in [5, 5.41) is 0. The summed E-state index contributed by atoms with van der Waals surface area (Å²) in [5.41, 5.74) is 1.14. The van der Waals surface area contributed by atoms with Crippen molar-refractivity contribution in [2.24, 2.45) is 11.8 Å². The molecule has 152 valence electrons. The predicted molar refractivity (Wildman–Crippen MR) is 108 cm³/mol. The lowest BCUT2D eigenvalue weighted by Crippen LogP contribution is -2.54. The standard InChI is InChI=1S/C21H33NO4S/c1-15(2)17-12-14-19(23)26-20(17)18(22-27(24,25)21(3,4)5)13-11-16-9-7-6-8-10-16/h6-10,15,17-18,20,22H,11-14H2,1-5H3/t17-,18+,20+/m0/s1. The van der Waals surface area contributed by atoms with Crippen LogP contribution in [0.5, 0.6) is 0 Å². The van der Waals surface area contributed by atoms with Gasteiger partial charge in [-0.25, -0.2) is 13.1 Å². The molecule has 0 unspecified atom stereocenters. The van der Waals surface area contributed by atoms with Gasteiger partial charge in [-0.3, -0.25) is 4.79 Å². The SMILES string of the molecule is CC(C)[C@@H]1CCC(=O)O[C@H]1[C@@H](CCc1ccccc1)NS(=O)(=O)C(C)(C)C. The van der Waals surface area contributed by atoms with Crippen LogP contribution in [-0.4, -0.2) is 31.3 Å². The number of benzene rings is 1. The molecule has 0 amide bonds. The lowest BCUT2D eigenvalue weighted by Gasteiger charge is -2.39. The highest BCUT2D eigenvalue weighted by Crippen LogP contribution is 2.32. The quantitative estimate of drug-likeness (QED) is 0.715. The Morgan fingerprint density at radius 3 is 2.37 bits per heavy atom. The monoisotopic (exact) mass is 395 g/mol. The van der Waals surface area contributed by atoms with Gasteiger partial charge in [-0.15, -0.1) is 0 Å². The molecule has 0 radical (unpaired) electrons. The maximum atomic E-state index is 12.8. The molecule has 2 rings (SSSR count). The summed E-state index contributed by atoms with van der Waals surface area (Å²) in [6.07, 6.45) is 2.00. The van der Waals surface area contributed by atoms with E-state index in [0.29, 0.717) is 18.8 Å². The van der Waals surface area contributed by atoms with E-state index in [-0.39, 0.29) is 11.9 Å². The molecule has 27 heavy (non-hydrogen) atoms. The third-order valence-corrected chi connectivity index (χ3v) is 7.55. The minimum absolute atomic E-state index is 0.145. The minimum Gasteiger partial charge on any atom is -0.460 e. The van der Waals surface area contributed by atoms with Crippen molar-refractivity contribution < 1.29 is 17.9 Å². The molecule has 1 N–H and O–H groups in total. The first-order chi connectivity index (χ1) is 12.5. The van der Waals surface area contributed by atoms with Crippen molar-refractivity contribution in [2.45, 2.75) is 77.2 Å². The molecule has 0 aromatic heterocycles. The van der Waals surface area contributed by atoms with Gasteiger partial charge in [0.15, 0.2) is 0 Å². The lowest BCUT2D eigenvalue weighted by atomic mass is 9.80. The van der Waals surface area contributed by atoms with Gasteiger partial charge < -0.3 is 4.74 Å². The number of sulfonamides is 1. The van der Waals surface area contributed by atoms with Gasteiger partial charge >= 0.3 is 5.97 Å². The summed E-state index contributed by atoms with van der Waals surface area (Å²) in [6.45, 7) is 9.23. The number of nitrogens with one attached hydrogen (secondary N) is 1. The topological polar surface area (TPSA) is 72.5 Å². The summed E-state index contributed by atoms with van der Waals surface area (Å²) in [4.78, 5) is 12.0. The zero-order valence-corrected chi connectivity index (χ0v) is 17.9. The highest BCUT2D eigenvalue weighted by Gasteiger charge is 2.41. The Morgan fingerprint density at radius 1 is 1.19 bits per heavy atom. The summed E-state index contributed by atoms with van der Waals surface area (Å²) in [7, 11) is -3.56. The molecule has 0 bridgehead atoms. The molecule has 5 nitrogen and oxygen atoms in total. The van der Waals surface area contributed by atoms with Crippen molar-refractivity contribution in [1.29, 1.82) is 0 Å². The van der Waals surface area contributed by atoms with E-state index in [1.54, 1.807) is 20.8 Å². The second kappa shape index (κ2) is 8.74. The van der Waals surface area contributed by atoms with Gasteiger partial charge in [0.25, 0.3) is 0 Å². The van der Waals surface area contributed by atoms with Crippen LogP contribution in [0.3, 0.4) is 0 Å². The van der Waals surface area contributed by atoms with Crippen molar-refractivity contribution >= 4 is 16.0 Å². The van der Waals surface area contributed by atoms with E-state index in [0.717, 1.165) is 18.4 Å². The maximum Gasteiger partial charge on any atom is 0.306 e. The van der Waals surface area contributed by atoms with Crippen LogP contribution in [0.25, 0.3) is 0 Å². The average Bonchev–Trinajstić information content (AvgIpc) is 2.58. The number of carbonyl (C=O) groups is 1. The molecule has 0 spiro atoms. The van der Waals surface area contributed by atoms with Crippen molar-refractivity contribution in [3.8, 4) is 0 Å². The van der Waals surface area contributed by atoms with E-state index in [4.69, 9.17) is 4.74 Å². The molecule has 1 fully saturated rings. The Hall–Kier alpha value is -1.40. The number of rotatable bonds is 7. The van der Waals surface area contributed by atoms with E-state index in [9.17, 15) is 13.2 Å². The fourth-order valence-corrected chi connectivity index (χ4v) is 4.48. The molecule has 1 saturated heterocycles. The highest BCUT2D eigenvalue weighted by molar-refractivity contribution is 7.90. The third-order valence-electron chi connectivity index (χ3n) is 5.32. The van der Waals surface area contributed by atoms with Gasteiger partial charge in [0.2, 0.25) is 10.0 Å². The lowest BCUT2D eigenvalue weighted by molar-refractivity contribution is -0.162. The second-order valence-corrected chi connectivity index (χ2v) is 11.2. The smallest absolute Gasteiger partial charge is 0.306 e. The van der Waals surface area contributed by atoms with Gasteiger partial charge in [0, 0.05) is 12.3 Å². The van der Waals surface area contributed by atoms with Crippen LogP contribution >= 0.6 is 0 Å². The maximum absolute atomic E-state index is 12.8. The third kappa shape index (κ3) is 5.79. The van der Waals surface area contributed by atoms with Gasteiger partial charge in [-0.05, 0) is 51.5 Å². The number of hydrogen-bond acceptors (Lipinski definition) is 4. The molecular formula is C21H33NO4S. The van der Waals surface area contributed by atoms with E-state index < -0.39 is 26.9 Å². The van der Waals surface area contributed by atoms with Crippen molar-refractivity contribution in [3.05, 3.63) is 35.9 Å². The van der Waals surface area contributed by atoms with Gasteiger partial charge in [0.05, 0.1) is 10.8 Å². The molecule has 1 aromatic rings. The van der Waals surface area contributed by atoms with Crippen LogP contribution < -0.4 is 4.72 Å². The van der Waals surface area contributed by atoms with Crippen molar-refractivity contribution in [2.75, 3.05) is 0 Å². The molecule has 1 aliphatic heterocycles. The van der Waals surface area contributed by atoms with Crippen molar-refractivity contribution in [1.82, 2.24) is 4.72 Å². The molecule has 1 heterocycles. The van der Waals surface area contributed by atoms with Crippen molar-refractivity contribution in [3.63, 3.8) is 0 Å². The summed E-state index contributed by atoms with van der Waals surface area (Å²) in [5.74, 6) is 0.212. The van der Waals surface area contributed by atoms with Crippen LogP contribution in [0.4, 0.5) is 0 Å². The number of cyclic esters (lactones) is 1. The van der Waals surface area contributed by atoms with Crippen LogP contribution in [0.2, 0.25) is 0 Å². The molecule has 6 heteroatoms. The molecule has 1 aliphatic rings. The zero-order chi connectivity index (χ0) is 20.2. The first kappa shape index (κ1) is 21.9. The number of carbonyl (C=O) groups excluding carboxylic acids is 1. The Morgan fingerprint density at radius 2 is 1.81 bits per heavy atom. The van der Waals surface area contributed by atoms with E-state index >= 15 is 0 Å². The first-order valence-corrected chi connectivity index (χ1v) is 11.2. The zero-order valence-electron chi connectivity index (χ0n) is 17.1. The fourth-order valence-electron chi connectivity index (χ4n) is 3.47. The Balaban J connectivity index is 2.28. The molecular weight excluding hydrogens is 362 g/mol. The number of hydrogen-bond donors (Lipinski definition) is 1. The predicted octanol–water partition coefficient (Wildman–Crippen LogP) is 3.68. The number of aryl methyl sites for hydroxylation is 1. The van der Waals surface area contributed by atoms with Crippen LogP contribution in [0.15, 0.2) is 30.3 Å². The Bertz CT molecular complexity index is 722. The van der Waals surface area contributed by atoms with E-state index in [1.165, 1.54) is 0 Å². The minimum atomic E-state index is -3.56. The molecule has 1 aromatic carbocycles. The first-order valence-electron chi connectivity index (χ1n) is 9.76. The van der Waals surface area contributed by atoms with E-state index in [2.05, 4.69) is 18.6 Å². The molecule has 0 aliphatic carbocycles. The fraction of sp³-hybridized carbons (Fsp3) is 0.667. The summed E-state index contributed by atoms with van der Waals surface area (Å²) in [6, 6.07) is 9.53. The average molecular weight is 396 g/mol. The Labute approximate surface area is 163 Å². The highest BCUT2D eigenvalue weighted by atomic mass is 32.2. The van der Waals surface area contributed by atoms with Crippen LogP contribution in [-0.2, 0) is 26.0 Å². The van der Waals surface area contributed by atoms with Crippen LogP contribution in [0, 0.1) is 11.8 Å². The van der Waals surface area contributed by atoms with Gasteiger partial charge in [-0.2, -0.15) is 0 Å². The van der Waals surface area contributed by atoms with Gasteiger partial charge in [-0.1, -0.05) is 44.2 Å². The summed E-state index contributed by atoms with van der Waals surface area (Å²) < 4.78 is 33.3. The van der Waals surface area contributed by atoms with Crippen LogP contribution in [0.1, 0.15) is 59.4 Å². The largest absolute Gasteiger partial charge is 0.460 e. The Kier molecular flexibility index (Phi) is 7.09. The number of ether oxygens (including phenoxy) is 1. The number of esters is 1. The van der Waals surface area contributed by atoms with E-state index in [1.807, 2.05) is 30.3 Å².